The second-order valence-electron chi connectivity index (χ2n) is 3.97. The molecule has 114 valence electrons. The van der Waals surface area contributed by atoms with Crippen molar-refractivity contribution in [2.75, 3.05) is 13.2 Å². The quantitative estimate of drug-likeness (QED) is 0.474. The molecule has 0 heterocycles. The summed E-state index contributed by atoms with van der Waals surface area (Å²) in [6.07, 6.45) is -0.230. The third-order valence-corrected chi connectivity index (χ3v) is 2.77. The summed E-state index contributed by atoms with van der Waals surface area (Å²) in [5, 5.41) is 0. The fourth-order valence-electron chi connectivity index (χ4n) is 1.35. The average molecular weight is 401 g/mol. The van der Waals surface area contributed by atoms with Crippen molar-refractivity contribution >= 4 is 69.6 Å². The molecule has 0 aliphatic carbocycles. The number of hydrogen-bond donors (Lipinski definition) is 0. The van der Waals surface area contributed by atoms with Gasteiger partial charge in [-0.1, -0.05) is 99.9 Å². The smallest absolute Gasteiger partial charge is 0.213 e. The van der Waals surface area contributed by atoms with Crippen LogP contribution in [0.15, 0.2) is 30.3 Å². The summed E-state index contributed by atoms with van der Waals surface area (Å²) in [5.74, 6) is 0. The SMILES string of the molecule is ClC(Cl)(Cl)COC(Cc1ccccc1)OCC(Cl)(Cl)Cl. The van der Waals surface area contributed by atoms with Crippen LogP contribution in [0.5, 0.6) is 0 Å². The van der Waals surface area contributed by atoms with Crippen molar-refractivity contribution in [1.82, 2.24) is 0 Å². The summed E-state index contributed by atoms with van der Waals surface area (Å²) in [5.41, 5.74) is 0.992. The molecule has 0 N–H and O–H groups in total. The van der Waals surface area contributed by atoms with Crippen molar-refractivity contribution in [2.24, 2.45) is 0 Å². The monoisotopic (exact) mass is 398 g/mol. The summed E-state index contributed by atoms with van der Waals surface area (Å²) in [6, 6.07) is 9.55. The van der Waals surface area contributed by atoms with E-state index in [4.69, 9.17) is 79.1 Å². The van der Waals surface area contributed by atoms with E-state index in [2.05, 4.69) is 0 Å². The van der Waals surface area contributed by atoms with Crippen LogP contribution in [0.25, 0.3) is 0 Å². The van der Waals surface area contributed by atoms with Crippen molar-refractivity contribution in [3.05, 3.63) is 35.9 Å². The maximum Gasteiger partial charge on any atom is 0.213 e. The second-order valence-corrected chi connectivity index (χ2v) is 9.00. The van der Waals surface area contributed by atoms with Crippen LogP contribution in [0.2, 0.25) is 0 Å². The first-order valence-electron chi connectivity index (χ1n) is 5.56. The Balaban J connectivity index is 2.59. The lowest BCUT2D eigenvalue weighted by Gasteiger charge is -2.23. The number of alkyl halides is 6. The predicted octanol–water partition coefficient (Wildman–Crippen LogP) is 5.33. The highest BCUT2D eigenvalue weighted by Gasteiger charge is 2.26. The van der Waals surface area contributed by atoms with Gasteiger partial charge in [0.1, 0.15) is 0 Å². The molecule has 0 spiro atoms. The van der Waals surface area contributed by atoms with Gasteiger partial charge in [-0.25, -0.2) is 0 Å². The third-order valence-electron chi connectivity index (χ3n) is 2.11. The average Bonchev–Trinajstić information content (AvgIpc) is 2.32. The van der Waals surface area contributed by atoms with Gasteiger partial charge in [0, 0.05) is 6.42 Å². The Kier molecular flexibility index (Phi) is 8.04. The van der Waals surface area contributed by atoms with Crippen molar-refractivity contribution in [2.45, 2.75) is 20.3 Å². The van der Waals surface area contributed by atoms with Gasteiger partial charge in [0.25, 0.3) is 0 Å². The normalized spacial score (nSPS) is 12.9. The Morgan fingerprint density at radius 2 is 1.25 bits per heavy atom. The molecule has 0 amide bonds. The molecular formula is C12H12Cl6O2. The lowest BCUT2D eigenvalue weighted by atomic mass is 10.1. The van der Waals surface area contributed by atoms with E-state index >= 15 is 0 Å². The van der Waals surface area contributed by atoms with Crippen LogP contribution in [0, 0.1) is 0 Å². The molecule has 20 heavy (non-hydrogen) atoms. The molecular weight excluding hydrogens is 389 g/mol. The Morgan fingerprint density at radius 3 is 1.65 bits per heavy atom. The Bertz CT molecular complexity index is 369. The molecule has 0 saturated heterocycles. The molecule has 0 unspecified atom stereocenters. The molecule has 0 radical (unpaired) electrons. The van der Waals surface area contributed by atoms with Gasteiger partial charge in [-0.15, -0.1) is 0 Å². The van der Waals surface area contributed by atoms with Crippen LogP contribution in [-0.4, -0.2) is 27.1 Å². The highest BCUT2D eigenvalue weighted by molar-refractivity contribution is 6.68. The van der Waals surface area contributed by atoms with Crippen LogP contribution in [0.4, 0.5) is 0 Å². The lowest BCUT2D eigenvalue weighted by molar-refractivity contribution is -0.139. The minimum absolute atomic E-state index is 0.130. The highest BCUT2D eigenvalue weighted by Crippen LogP contribution is 2.29. The molecule has 8 heteroatoms. The summed E-state index contributed by atoms with van der Waals surface area (Å²) in [7, 11) is 0. The van der Waals surface area contributed by atoms with Crippen LogP contribution in [0.1, 0.15) is 5.56 Å². The minimum Gasteiger partial charge on any atom is -0.348 e. The van der Waals surface area contributed by atoms with Gasteiger partial charge in [0.2, 0.25) is 7.59 Å². The molecule has 1 aromatic carbocycles. The number of rotatable bonds is 6. The third kappa shape index (κ3) is 9.75. The van der Waals surface area contributed by atoms with E-state index in [1.807, 2.05) is 30.3 Å². The topological polar surface area (TPSA) is 18.5 Å². The van der Waals surface area contributed by atoms with Crippen molar-refractivity contribution in [1.29, 1.82) is 0 Å². The summed E-state index contributed by atoms with van der Waals surface area (Å²) in [6.45, 7) is -0.260. The molecule has 0 bridgehead atoms. The zero-order chi connectivity index (χ0) is 15.2. The minimum atomic E-state index is -1.53. The largest absolute Gasteiger partial charge is 0.348 e. The van der Waals surface area contributed by atoms with Crippen molar-refractivity contribution in [3.8, 4) is 0 Å². The zero-order valence-corrected chi connectivity index (χ0v) is 14.7. The summed E-state index contributed by atoms with van der Waals surface area (Å²) < 4.78 is 7.76. The van der Waals surface area contributed by atoms with Crippen LogP contribution < -0.4 is 0 Å². The van der Waals surface area contributed by atoms with E-state index in [9.17, 15) is 0 Å². The first kappa shape index (κ1) is 18.9. The van der Waals surface area contributed by atoms with Gasteiger partial charge < -0.3 is 9.47 Å². The highest BCUT2D eigenvalue weighted by atomic mass is 35.6. The summed E-state index contributed by atoms with van der Waals surface area (Å²) >= 11 is 33.9. The Labute approximate surface area is 148 Å². The van der Waals surface area contributed by atoms with E-state index in [1.165, 1.54) is 0 Å². The second kappa shape index (κ2) is 8.50. The van der Waals surface area contributed by atoms with Gasteiger partial charge >= 0.3 is 0 Å². The molecule has 0 aromatic heterocycles. The van der Waals surface area contributed by atoms with E-state index in [0.717, 1.165) is 5.56 Å². The first-order chi connectivity index (χ1) is 9.16. The van der Waals surface area contributed by atoms with E-state index in [-0.39, 0.29) is 13.2 Å². The number of benzene rings is 1. The fraction of sp³-hybridized carbons (Fsp3) is 0.500. The maximum absolute atomic E-state index is 5.64. The molecule has 0 fully saturated rings. The predicted molar refractivity (Wildman–Crippen MR) is 86.4 cm³/mol. The zero-order valence-electron chi connectivity index (χ0n) is 10.2. The van der Waals surface area contributed by atoms with E-state index in [1.54, 1.807) is 0 Å². The maximum atomic E-state index is 5.64. The van der Waals surface area contributed by atoms with Crippen LogP contribution in [0.3, 0.4) is 0 Å². The first-order valence-corrected chi connectivity index (χ1v) is 7.83. The van der Waals surface area contributed by atoms with Gasteiger partial charge in [0.05, 0.1) is 13.2 Å². The van der Waals surface area contributed by atoms with Gasteiger partial charge in [0.15, 0.2) is 6.29 Å². The van der Waals surface area contributed by atoms with Crippen LogP contribution in [-0.2, 0) is 15.9 Å². The number of hydrogen-bond acceptors (Lipinski definition) is 2. The fourth-order valence-corrected chi connectivity index (χ4v) is 1.73. The van der Waals surface area contributed by atoms with Gasteiger partial charge in [-0.3, -0.25) is 0 Å². The molecule has 0 aliphatic heterocycles. The standard InChI is InChI=1S/C12H12Cl6O2/c13-11(14,15)7-19-10(20-8-12(16,17)18)6-9-4-2-1-3-5-9/h1-5,10H,6-8H2. The molecule has 0 aliphatic rings. The Morgan fingerprint density at radius 1 is 0.800 bits per heavy atom. The number of ether oxygens (including phenoxy) is 2. The molecule has 1 rings (SSSR count). The molecule has 2 nitrogen and oxygen atoms in total. The van der Waals surface area contributed by atoms with Gasteiger partial charge in [-0.2, -0.15) is 0 Å². The van der Waals surface area contributed by atoms with Crippen LogP contribution >= 0.6 is 69.6 Å². The lowest BCUT2D eigenvalue weighted by Crippen LogP contribution is -2.28. The van der Waals surface area contributed by atoms with Crippen molar-refractivity contribution < 1.29 is 9.47 Å². The number of halogens is 6. The Hall–Kier alpha value is 0.880. The molecule has 0 atom stereocenters. The molecule has 0 saturated carbocycles. The van der Waals surface area contributed by atoms with E-state index < -0.39 is 13.9 Å². The summed E-state index contributed by atoms with van der Waals surface area (Å²) in [4.78, 5) is 0. The molecule has 1 aromatic rings. The van der Waals surface area contributed by atoms with Gasteiger partial charge in [-0.05, 0) is 5.56 Å². The van der Waals surface area contributed by atoms with E-state index in [0.29, 0.717) is 6.42 Å². The van der Waals surface area contributed by atoms with Crippen molar-refractivity contribution in [3.63, 3.8) is 0 Å².